The molecule has 1 aliphatic rings. The van der Waals surface area contributed by atoms with Crippen molar-refractivity contribution in [2.45, 2.75) is 25.4 Å². The summed E-state index contributed by atoms with van der Waals surface area (Å²) in [6.07, 6.45) is 3.42. The van der Waals surface area contributed by atoms with Gasteiger partial charge in [-0.25, -0.2) is 0 Å². The Labute approximate surface area is 74.9 Å². The third-order valence-electron chi connectivity index (χ3n) is 2.93. The molecule has 1 aliphatic heterocycles. The number of likely N-dealkylation sites (tertiary alicyclic amines) is 1. The third-order valence-corrected chi connectivity index (χ3v) is 2.93. The Morgan fingerprint density at radius 2 is 2.42 bits per heavy atom. The quantitative estimate of drug-likeness (QED) is 0.629. The normalized spacial score (nSPS) is 38.1. The number of piperidine rings is 1. The van der Waals surface area contributed by atoms with Gasteiger partial charge in [0.15, 0.2) is 0 Å². The highest BCUT2D eigenvalue weighted by atomic mass is 16.3. The second kappa shape index (κ2) is 3.58. The van der Waals surface area contributed by atoms with Gasteiger partial charge < -0.3 is 10.0 Å². The Morgan fingerprint density at radius 3 is 2.92 bits per heavy atom. The van der Waals surface area contributed by atoms with Crippen LogP contribution in [0.5, 0.6) is 0 Å². The first-order valence-electron chi connectivity index (χ1n) is 4.60. The van der Waals surface area contributed by atoms with Crippen LogP contribution in [0.4, 0.5) is 0 Å². The maximum absolute atomic E-state index is 10.2. The zero-order valence-electron chi connectivity index (χ0n) is 8.08. The summed E-state index contributed by atoms with van der Waals surface area (Å²) in [6.45, 7) is 7.78. The summed E-state index contributed by atoms with van der Waals surface area (Å²) >= 11 is 0. The molecular formula is C10H19NO. The van der Waals surface area contributed by atoms with Crippen molar-refractivity contribution in [2.75, 3.05) is 20.1 Å². The molecule has 0 unspecified atom stereocenters. The highest BCUT2D eigenvalue weighted by Gasteiger charge is 2.36. The molecule has 1 saturated heterocycles. The van der Waals surface area contributed by atoms with Crippen molar-refractivity contribution < 1.29 is 5.11 Å². The van der Waals surface area contributed by atoms with Crippen LogP contribution < -0.4 is 0 Å². The van der Waals surface area contributed by atoms with Gasteiger partial charge >= 0.3 is 0 Å². The number of nitrogens with zero attached hydrogens (tertiary/aromatic N) is 1. The van der Waals surface area contributed by atoms with Gasteiger partial charge in [0, 0.05) is 13.1 Å². The molecular weight excluding hydrogens is 150 g/mol. The Hall–Kier alpha value is -0.340. The largest absolute Gasteiger partial charge is 0.389 e. The zero-order chi connectivity index (χ0) is 9.19. The topological polar surface area (TPSA) is 23.5 Å². The van der Waals surface area contributed by atoms with Gasteiger partial charge in [0.05, 0.1) is 5.60 Å². The fraction of sp³-hybridized carbons (Fsp3) is 0.800. The fourth-order valence-corrected chi connectivity index (χ4v) is 1.91. The van der Waals surface area contributed by atoms with Gasteiger partial charge in [-0.05, 0) is 25.8 Å². The monoisotopic (exact) mass is 169 g/mol. The van der Waals surface area contributed by atoms with Crippen LogP contribution in [0, 0.1) is 5.92 Å². The van der Waals surface area contributed by atoms with Gasteiger partial charge in [0.2, 0.25) is 0 Å². The van der Waals surface area contributed by atoms with Crippen LogP contribution in [-0.4, -0.2) is 35.7 Å². The maximum Gasteiger partial charge on any atom is 0.0731 e. The van der Waals surface area contributed by atoms with E-state index in [1.54, 1.807) is 0 Å². The van der Waals surface area contributed by atoms with Gasteiger partial charge in [-0.15, -0.1) is 6.58 Å². The first-order chi connectivity index (χ1) is 5.58. The number of rotatable bonds is 2. The Morgan fingerprint density at radius 1 is 1.75 bits per heavy atom. The molecule has 12 heavy (non-hydrogen) atoms. The molecule has 0 aliphatic carbocycles. The highest BCUT2D eigenvalue weighted by molar-refractivity contribution is 4.94. The standard InChI is InChI=1S/C10H19NO/c1-4-5-10(12)6-7-11(3)8-9(10)2/h4,9,12H,1,5-8H2,2-3H3/t9-,10+/m1/s1. The molecule has 2 heteroatoms. The predicted octanol–water partition coefficient (Wildman–Crippen LogP) is 1.27. The molecule has 1 rings (SSSR count). The van der Waals surface area contributed by atoms with E-state index in [0.29, 0.717) is 5.92 Å². The van der Waals surface area contributed by atoms with E-state index >= 15 is 0 Å². The van der Waals surface area contributed by atoms with Gasteiger partial charge in [-0.1, -0.05) is 13.0 Å². The van der Waals surface area contributed by atoms with Crippen molar-refractivity contribution in [3.63, 3.8) is 0 Å². The summed E-state index contributed by atoms with van der Waals surface area (Å²) in [5.41, 5.74) is -0.492. The van der Waals surface area contributed by atoms with E-state index in [1.165, 1.54) is 0 Å². The minimum atomic E-state index is -0.492. The molecule has 0 spiro atoms. The lowest BCUT2D eigenvalue weighted by atomic mass is 9.80. The second-order valence-corrected chi connectivity index (χ2v) is 4.01. The van der Waals surface area contributed by atoms with Crippen molar-refractivity contribution in [1.82, 2.24) is 4.90 Å². The van der Waals surface area contributed by atoms with Crippen molar-refractivity contribution in [1.29, 1.82) is 0 Å². The highest BCUT2D eigenvalue weighted by Crippen LogP contribution is 2.30. The molecule has 0 aromatic rings. The first kappa shape index (κ1) is 9.75. The fourth-order valence-electron chi connectivity index (χ4n) is 1.91. The first-order valence-corrected chi connectivity index (χ1v) is 4.60. The van der Waals surface area contributed by atoms with Gasteiger partial charge in [-0.3, -0.25) is 0 Å². The molecule has 0 bridgehead atoms. The second-order valence-electron chi connectivity index (χ2n) is 4.01. The van der Waals surface area contributed by atoms with E-state index in [-0.39, 0.29) is 0 Å². The van der Waals surface area contributed by atoms with E-state index in [2.05, 4.69) is 25.5 Å². The molecule has 2 atom stereocenters. The molecule has 70 valence electrons. The summed E-state index contributed by atoms with van der Waals surface area (Å²) in [5, 5.41) is 10.2. The predicted molar refractivity (Wildman–Crippen MR) is 51.0 cm³/mol. The summed E-state index contributed by atoms with van der Waals surface area (Å²) in [6, 6.07) is 0. The lowest BCUT2D eigenvalue weighted by Gasteiger charge is -2.41. The van der Waals surface area contributed by atoms with Crippen LogP contribution in [0.2, 0.25) is 0 Å². The van der Waals surface area contributed by atoms with E-state index in [9.17, 15) is 5.11 Å². The molecule has 2 nitrogen and oxygen atoms in total. The van der Waals surface area contributed by atoms with Gasteiger partial charge in [-0.2, -0.15) is 0 Å². The molecule has 0 radical (unpaired) electrons. The molecule has 0 saturated carbocycles. The lowest BCUT2D eigenvalue weighted by Crippen LogP contribution is -2.49. The number of aliphatic hydroxyl groups is 1. The zero-order valence-corrected chi connectivity index (χ0v) is 8.08. The van der Waals surface area contributed by atoms with E-state index in [0.717, 1.165) is 25.9 Å². The lowest BCUT2D eigenvalue weighted by molar-refractivity contribution is -0.0574. The Bertz CT molecular complexity index is 169. The summed E-state index contributed by atoms with van der Waals surface area (Å²) in [4.78, 5) is 2.27. The van der Waals surface area contributed by atoms with Crippen molar-refractivity contribution in [2.24, 2.45) is 5.92 Å². The van der Waals surface area contributed by atoms with Crippen molar-refractivity contribution in [3.8, 4) is 0 Å². The molecule has 0 amide bonds. The molecule has 1 N–H and O–H groups in total. The van der Waals surface area contributed by atoms with Crippen molar-refractivity contribution >= 4 is 0 Å². The minimum absolute atomic E-state index is 0.356. The van der Waals surface area contributed by atoms with E-state index in [4.69, 9.17) is 0 Å². The molecule has 1 fully saturated rings. The maximum atomic E-state index is 10.2. The molecule has 0 aromatic carbocycles. The van der Waals surface area contributed by atoms with Crippen LogP contribution >= 0.6 is 0 Å². The molecule has 1 heterocycles. The van der Waals surface area contributed by atoms with Crippen LogP contribution in [0.15, 0.2) is 12.7 Å². The average molecular weight is 169 g/mol. The van der Waals surface area contributed by atoms with Gasteiger partial charge in [0.25, 0.3) is 0 Å². The average Bonchev–Trinajstić information content (AvgIpc) is 1.99. The van der Waals surface area contributed by atoms with Crippen LogP contribution in [0.3, 0.4) is 0 Å². The minimum Gasteiger partial charge on any atom is -0.389 e. The summed E-state index contributed by atoms with van der Waals surface area (Å²) in [5.74, 6) is 0.356. The van der Waals surface area contributed by atoms with Crippen molar-refractivity contribution in [3.05, 3.63) is 12.7 Å². The summed E-state index contributed by atoms with van der Waals surface area (Å²) in [7, 11) is 2.10. The van der Waals surface area contributed by atoms with Crippen LogP contribution in [0.1, 0.15) is 19.8 Å². The Kier molecular flexibility index (Phi) is 2.91. The smallest absolute Gasteiger partial charge is 0.0731 e. The van der Waals surface area contributed by atoms with Gasteiger partial charge in [0.1, 0.15) is 0 Å². The summed E-state index contributed by atoms with van der Waals surface area (Å²) < 4.78 is 0. The number of hydrogen-bond donors (Lipinski definition) is 1. The van der Waals surface area contributed by atoms with E-state index in [1.807, 2.05) is 6.08 Å². The SMILES string of the molecule is C=CC[C@]1(O)CCN(C)C[C@H]1C. The van der Waals surface area contributed by atoms with Crippen LogP contribution in [-0.2, 0) is 0 Å². The Balaban J connectivity index is 2.59. The third kappa shape index (κ3) is 1.87. The van der Waals surface area contributed by atoms with Crippen LogP contribution in [0.25, 0.3) is 0 Å². The number of hydrogen-bond acceptors (Lipinski definition) is 2. The van der Waals surface area contributed by atoms with E-state index < -0.39 is 5.60 Å². The molecule has 0 aromatic heterocycles.